The maximum absolute atomic E-state index is 3.59. The van der Waals surface area contributed by atoms with Crippen molar-refractivity contribution >= 4 is 5.57 Å². The van der Waals surface area contributed by atoms with Crippen LogP contribution in [0.15, 0.2) is 53.7 Å². The third-order valence-corrected chi connectivity index (χ3v) is 5.48. The van der Waals surface area contributed by atoms with Crippen molar-refractivity contribution in [2.24, 2.45) is 0 Å². The summed E-state index contributed by atoms with van der Waals surface area (Å²) in [5, 5.41) is 3.59. The van der Waals surface area contributed by atoms with Gasteiger partial charge in [0.2, 0.25) is 0 Å². The molecule has 0 saturated carbocycles. The summed E-state index contributed by atoms with van der Waals surface area (Å²) in [6.07, 6.45) is 4.49. The number of rotatable bonds is 4. The van der Waals surface area contributed by atoms with E-state index in [4.69, 9.17) is 0 Å². The summed E-state index contributed by atoms with van der Waals surface area (Å²) in [7, 11) is 0. The third kappa shape index (κ3) is 3.77. The molecule has 136 valence electrons. The number of benzene rings is 2. The summed E-state index contributed by atoms with van der Waals surface area (Å²) in [6.45, 7) is 13.3. The smallest absolute Gasteiger partial charge is 0.0419 e. The molecule has 1 atom stereocenters. The van der Waals surface area contributed by atoms with Gasteiger partial charge in [0, 0.05) is 17.3 Å². The average molecular weight is 346 g/mol. The van der Waals surface area contributed by atoms with E-state index in [1.165, 1.54) is 50.2 Å². The van der Waals surface area contributed by atoms with Gasteiger partial charge in [-0.25, -0.2) is 0 Å². The van der Waals surface area contributed by atoms with Crippen molar-refractivity contribution in [2.45, 2.75) is 60.4 Å². The second kappa shape index (κ2) is 7.53. The van der Waals surface area contributed by atoms with Crippen molar-refractivity contribution in [3.63, 3.8) is 0 Å². The van der Waals surface area contributed by atoms with E-state index < -0.39 is 0 Å². The molecule has 1 nitrogen and oxygen atoms in total. The van der Waals surface area contributed by atoms with E-state index >= 15 is 0 Å². The van der Waals surface area contributed by atoms with Crippen LogP contribution in [0.4, 0.5) is 0 Å². The monoisotopic (exact) mass is 345 g/mol. The fraction of sp³-hybridized carbons (Fsp3) is 0.360. The Morgan fingerprint density at radius 3 is 2.19 bits per heavy atom. The SMILES string of the molecule is CC1=CC(C)NC(C)=C1c1ccccc1CCc1c(C)cc(C)cc1C. The van der Waals surface area contributed by atoms with Crippen molar-refractivity contribution in [2.75, 3.05) is 0 Å². The standard InChI is InChI=1S/C25H31N/c1-16-13-17(2)23(18(3)14-16)12-11-22-9-7-8-10-24(22)25-19(4)15-20(5)26-21(25)6/h7-10,13-15,20,26H,11-12H2,1-6H3. The Hall–Kier alpha value is -2.28. The van der Waals surface area contributed by atoms with Crippen molar-refractivity contribution in [1.82, 2.24) is 5.32 Å². The molecule has 0 amide bonds. The first-order valence-corrected chi connectivity index (χ1v) is 9.68. The molecule has 0 fully saturated rings. The Labute approximate surface area is 158 Å². The summed E-state index contributed by atoms with van der Waals surface area (Å²) < 4.78 is 0. The van der Waals surface area contributed by atoms with Gasteiger partial charge in [-0.1, -0.05) is 48.0 Å². The van der Waals surface area contributed by atoms with Crippen LogP contribution in [0.25, 0.3) is 5.57 Å². The van der Waals surface area contributed by atoms with Crippen LogP contribution in [-0.4, -0.2) is 6.04 Å². The van der Waals surface area contributed by atoms with E-state index in [0.29, 0.717) is 6.04 Å². The molecule has 1 heteroatoms. The highest BCUT2D eigenvalue weighted by molar-refractivity contribution is 5.83. The minimum Gasteiger partial charge on any atom is -0.382 e. The third-order valence-electron chi connectivity index (χ3n) is 5.48. The lowest BCUT2D eigenvalue weighted by Gasteiger charge is -2.25. The molecule has 0 spiro atoms. The summed E-state index contributed by atoms with van der Waals surface area (Å²) in [6, 6.07) is 13.9. The van der Waals surface area contributed by atoms with Gasteiger partial charge in [-0.05, 0) is 87.8 Å². The molecule has 0 radical (unpaired) electrons. The van der Waals surface area contributed by atoms with Crippen LogP contribution in [0.3, 0.4) is 0 Å². The van der Waals surface area contributed by atoms with E-state index in [2.05, 4.69) is 89.3 Å². The highest BCUT2D eigenvalue weighted by Crippen LogP contribution is 2.32. The van der Waals surface area contributed by atoms with E-state index in [1.54, 1.807) is 0 Å². The van der Waals surface area contributed by atoms with Crippen LogP contribution in [-0.2, 0) is 12.8 Å². The van der Waals surface area contributed by atoms with Crippen molar-refractivity contribution in [3.8, 4) is 0 Å². The molecule has 1 N–H and O–H groups in total. The molecule has 26 heavy (non-hydrogen) atoms. The van der Waals surface area contributed by atoms with Gasteiger partial charge in [0.1, 0.15) is 0 Å². The fourth-order valence-corrected chi connectivity index (χ4v) is 4.47. The highest BCUT2D eigenvalue weighted by Gasteiger charge is 2.18. The van der Waals surface area contributed by atoms with Gasteiger partial charge in [0.25, 0.3) is 0 Å². The number of nitrogens with one attached hydrogen (secondary N) is 1. The maximum Gasteiger partial charge on any atom is 0.0419 e. The number of dihydropyridines is 1. The second-order valence-corrected chi connectivity index (χ2v) is 7.82. The minimum absolute atomic E-state index is 0.406. The molecule has 0 aromatic heterocycles. The van der Waals surface area contributed by atoms with E-state index in [-0.39, 0.29) is 0 Å². The average Bonchev–Trinajstić information content (AvgIpc) is 2.54. The molecule has 1 aliphatic heterocycles. The minimum atomic E-state index is 0.406. The van der Waals surface area contributed by atoms with Crippen LogP contribution in [0.1, 0.15) is 54.2 Å². The molecular formula is C25H31N. The molecule has 3 rings (SSSR count). The Balaban J connectivity index is 1.92. The van der Waals surface area contributed by atoms with Crippen LogP contribution in [0.2, 0.25) is 0 Å². The van der Waals surface area contributed by atoms with Crippen LogP contribution >= 0.6 is 0 Å². The zero-order chi connectivity index (χ0) is 18.8. The summed E-state index contributed by atoms with van der Waals surface area (Å²) in [4.78, 5) is 0. The zero-order valence-corrected chi connectivity index (χ0v) is 17.0. The van der Waals surface area contributed by atoms with Crippen molar-refractivity contribution in [3.05, 3.63) is 87.1 Å². The first-order chi connectivity index (χ1) is 12.4. The maximum atomic E-state index is 3.59. The molecule has 0 bridgehead atoms. The van der Waals surface area contributed by atoms with Gasteiger partial charge in [0.05, 0.1) is 0 Å². The molecule has 2 aromatic carbocycles. The van der Waals surface area contributed by atoms with Crippen LogP contribution in [0.5, 0.6) is 0 Å². The van der Waals surface area contributed by atoms with E-state index in [0.717, 1.165) is 12.8 Å². The molecule has 2 aromatic rings. The van der Waals surface area contributed by atoms with Gasteiger partial charge in [-0.3, -0.25) is 0 Å². The summed E-state index contributed by atoms with van der Waals surface area (Å²) in [5.74, 6) is 0. The Bertz CT molecular complexity index is 860. The normalized spacial score (nSPS) is 17.2. The first-order valence-electron chi connectivity index (χ1n) is 9.68. The lowest BCUT2D eigenvalue weighted by atomic mass is 9.87. The number of hydrogen-bond acceptors (Lipinski definition) is 1. The topological polar surface area (TPSA) is 12.0 Å². The summed E-state index contributed by atoms with van der Waals surface area (Å²) in [5.41, 5.74) is 12.5. The predicted octanol–water partition coefficient (Wildman–Crippen LogP) is 6.07. The fourth-order valence-electron chi connectivity index (χ4n) is 4.47. The Morgan fingerprint density at radius 1 is 0.885 bits per heavy atom. The van der Waals surface area contributed by atoms with Gasteiger partial charge in [-0.15, -0.1) is 0 Å². The largest absolute Gasteiger partial charge is 0.382 e. The molecule has 1 aliphatic rings. The quantitative estimate of drug-likeness (QED) is 0.709. The van der Waals surface area contributed by atoms with Crippen LogP contribution < -0.4 is 5.32 Å². The first kappa shape index (κ1) is 18.5. The number of allylic oxidation sites excluding steroid dienone is 3. The lowest BCUT2D eigenvalue weighted by Crippen LogP contribution is -2.27. The van der Waals surface area contributed by atoms with E-state index in [9.17, 15) is 0 Å². The van der Waals surface area contributed by atoms with E-state index in [1.807, 2.05) is 0 Å². The molecule has 1 unspecified atom stereocenters. The molecular weight excluding hydrogens is 314 g/mol. The Kier molecular flexibility index (Phi) is 5.36. The number of aryl methyl sites for hydroxylation is 4. The lowest BCUT2D eigenvalue weighted by molar-refractivity contribution is 0.715. The van der Waals surface area contributed by atoms with Gasteiger partial charge < -0.3 is 5.32 Å². The zero-order valence-electron chi connectivity index (χ0n) is 17.0. The van der Waals surface area contributed by atoms with Crippen molar-refractivity contribution < 1.29 is 0 Å². The van der Waals surface area contributed by atoms with Crippen molar-refractivity contribution in [1.29, 1.82) is 0 Å². The Morgan fingerprint density at radius 2 is 1.54 bits per heavy atom. The molecule has 0 saturated heterocycles. The predicted molar refractivity (Wildman–Crippen MR) is 113 cm³/mol. The van der Waals surface area contributed by atoms with Gasteiger partial charge >= 0.3 is 0 Å². The van der Waals surface area contributed by atoms with Gasteiger partial charge in [0.15, 0.2) is 0 Å². The number of hydrogen-bond donors (Lipinski definition) is 1. The summed E-state index contributed by atoms with van der Waals surface area (Å²) >= 11 is 0. The highest BCUT2D eigenvalue weighted by atomic mass is 14.9. The van der Waals surface area contributed by atoms with Gasteiger partial charge in [-0.2, -0.15) is 0 Å². The van der Waals surface area contributed by atoms with Crippen LogP contribution in [0, 0.1) is 20.8 Å². The second-order valence-electron chi connectivity index (χ2n) is 7.82. The molecule has 1 heterocycles. The molecule has 0 aliphatic carbocycles.